The Hall–Kier alpha value is -2.37. The highest BCUT2D eigenvalue weighted by Crippen LogP contribution is 2.12. The Balaban J connectivity index is 2.44. The molecule has 0 bridgehead atoms. The SMILES string of the molecule is COc1ccc(CC/C(C)=N\NC(=O)C(N)=O)cc1. The van der Waals surface area contributed by atoms with Crippen molar-refractivity contribution < 1.29 is 14.3 Å². The normalized spacial score (nSPS) is 10.9. The number of amides is 2. The van der Waals surface area contributed by atoms with Gasteiger partial charge in [-0.25, -0.2) is 5.43 Å². The van der Waals surface area contributed by atoms with Gasteiger partial charge in [-0.1, -0.05) is 12.1 Å². The third-order valence-electron chi connectivity index (χ3n) is 2.51. The highest BCUT2D eigenvalue weighted by atomic mass is 16.5. The van der Waals surface area contributed by atoms with E-state index in [2.05, 4.69) is 10.5 Å². The fourth-order valence-electron chi connectivity index (χ4n) is 1.37. The number of nitrogens with zero attached hydrogens (tertiary/aromatic N) is 1. The van der Waals surface area contributed by atoms with Gasteiger partial charge in [0.1, 0.15) is 5.75 Å². The Bertz CT molecular complexity index is 480. The molecule has 0 spiro atoms. The maximum absolute atomic E-state index is 10.9. The second-order valence-corrected chi connectivity index (χ2v) is 4.00. The van der Waals surface area contributed by atoms with E-state index in [1.807, 2.05) is 24.3 Å². The van der Waals surface area contributed by atoms with Crippen LogP contribution < -0.4 is 15.9 Å². The van der Waals surface area contributed by atoms with Gasteiger partial charge in [0, 0.05) is 5.71 Å². The largest absolute Gasteiger partial charge is 0.497 e. The van der Waals surface area contributed by atoms with Crippen molar-refractivity contribution >= 4 is 17.5 Å². The molecule has 1 aromatic carbocycles. The van der Waals surface area contributed by atoms with Crippen LogP contribution >= 0.6 is 0 Å². The van der Waals surface area contributed by atoms with E-state index in [9.17, 15) is 9.59 Å². The molecular weight excluding hydrogens is 246 g/mol. The lowest BCUT2D eigenvalue weighted by atomic mass is 10.1. The number of aryl methyl sites for hydroxylation is 1. The van der Waals surface area contributed by atoms with Gasteiger partial charge < -0.3 is 10.5 Å². The Morgan fingerprint density at radius 3 is 2.47 bits per heavy atom. The van der Waals surface area contributed by atoms with Crippen LogP contribution in [0.5, 0.6) is 5.75 Å². The summed E-state index contributed by atoms with van der Waals surface area (Å²) in [4.78, 5) is 21.4. The van der Waals surface area contributed by atoms with Crippen molar-refractivity contribution in [2.24, 2.45) is 10.8 Å². The quantitative estimate of drug-likeness (QED) is 0.463. The van der Waals surface area contributed by atoms with Gasteiger partial charge in [0.2, 0.25) is 0 Å². The standard InChI is InChI=1S/C13H17N3O3/c1-9(15-16-13(18)12(14)17)3-4-10-5-7-11(19-2)8-6-10/h5-8H,3-4H2,1-2H3,(H2,14,17)(H,16,18)/b15-9-. The first-order chi connectivity index (χ1) is 9.02. The van der Waals surface area contributed by atoms with Gasteiger partial charge >= 0.3 is 11.8 Å². The number of carbonyl (C=O) groups is 2. The summed E-state index contributed by atoms with van der Waals surface area (Å²) in [5, 5.41) is 3.79. The summed E-state index contributed by atoms with van der Waals surface area (Å²) in [6.07, 6.45) is 1.46. The number of nitrogens with two attached hydrogens (primary N) is 1. The molecule has 0 saturated heterocycles. The predicted molar refractivity (Wildman–Crippen MR) is 71.8 cm³/mol. The zero-order valence-electron chi connectivity index (χ0n) is 11.0. The maximum Gasteiger partial charge on any atom is 0.329 e. The molecule has 0 aliphatic heterocycles. The summed E-state index contributed by atoms with van der Waals surface area (Å²) in [7, 11) is 1.62. The predicted octanol–water partition coefficient (Wildman–Crippen LogP) is 0.605. The molecule has 0 atom stereocenters. The van der Waals surface area contributed by atoms with Crippen molar-refractivity contribution in [2.45, 2.75) is 19.8 Å². The molecule has 6 nitrogen and oxygen atoms in total. The van der Waals surface area contributed by atoms with Crippen molar-refractivity contribution in [3.8, 4) is 5.75 Å². The molecule has 0 unspecified atom stereocenters. The number of hydrazone groups is 1. The summed E-state index contributed by atoms with van der Waals surface area (Å²) in [5.74, 6) is -1.15. The molecule has 0 fully saturated rings. The van der Waals surface area contributed by atoms with Crippen LogP contribution in [0.4, 0.5) is 0 Å². The summed E-state index contributed by atoms with van der Waals surface area (Å²) < 4.78 is 5.07. The summed E-state index contributed by atoms with van der Waals surface area (Å²) in [6, 6.07) is 7.70. The minimum absolute atomic E-state index is 0.672. The minimum atomic E-state index is -1.05. The van der Waals surface area contributed by atoms with Crippen molar-refractivity contribution in [1.29, 1.82) is 0 Å². The van der Waals surface area contributed by atoms with E-state index in [4.69, 9.17) is 10.5 Å². The van der Waals surface area contributed by atoms with Crippen LogP contribution in [0.3, 0.4) is 0 Å². The smallest absolute Gasteiger partial charge is 0.329 e. The molecule has 0 saturated carbocycles. The summed E-state index contributed by atoms with van der Waals surface area (Å²) in [6.45, 7) is 1.77. The molecule has 0 aromatic heterocycles. The molecule has 0 aliphatic carbocycles. The first-order valence-electron chi connectivity index (χ1n) is 5.78. The molecule has 3 N–H and O–H groups in total. The number of benzene rings is 1. The van der Waals surface area contributed by atoms with Gasteiger partial charge in [0.05, 0.1) is 7.11 Å². The van der Waals surface area contributed by atoms with Gasteiger partial charge in [-0.15, -0.1) is 0 Å². The van der Waals surface area contributed by atoms with Crippen molar-refractivity contribution in [3.63, 3.8) is 0 Å². The van der Waals surface area contributed by atoms with Crippen LogP contribution in [0.1, 0.15) is 18.9 Å². The Morgan fingerprint density at radius 2 is 1.95 bits per heavy atom. The number of hydrogen-bond donors (Lipinski definition) is 2. The average molecular weight is 263 g/mol. The van der Waals surface area contributed by atoms with Crippen LogP contribution in [-0.4, -0.2) is 24.6 Å². The number of nitrogens with one attached hydrogen (secondary N) is 1. The van der Waals surface area contributed by atoms with Crippen LogP contribution in [-0.2, 0) is 16.0 Å². The molecule has 19 heavy (non-hydrogen) atoms. The highest BCUT2D eigenvalue weighted by Gasteiger charge is 2.06. The van der Waals surface area contributed by atoms with Crippen LogP contribution in [0.25, 0.3) is 0 Å². The molecule has 0 aliphatic rings. The van der Waals surface area contributed by atoms with Crippen molar-refractivity contribution in [1.82, 2.24) is 5.43 Å². The van der Waals surface area contributed by atoms with E-state index in [1.54, 1.807) is 14.0 Å². The molecule has 6 heteroatoms. The fraction of sp³-hybridized carbons (Fsp3) is 0.308. The van der Waals surface area contributed by atoms with E-state index >= 15 is 0 Å². The van der Waals surface area contributed by atoms with Gasteiger partial charge in [-0.2, -0.15) is 5.10 Å². The molecular formula is C13H17N3O3. The number of rotatable bonds is 5. The number of primary amides is 1. The second kappa shape index (κ2) is 7.15. The molecule has 102 valence electrons. The zero-order chi connectivity index (χ0) is 14.3. The second-order valence-electron chi connectivity index (χ2n) is 4.00. The number of ether oxygens (including phenoxy) is 1. The first-order valence-corrected chi connectivity index (χ1v) is 5.78. The van der Waals surface area contributed by atoms with Crippen LogP contribution in [0, 0.1) is 0 Å². The fourth-order valence-corrected chi connectivity index (χ4v) is 1.37. The highest BCUT2D eigenvalue weighted by molar-refractivity contribution is 6.34. The third-order valence-corrected chi connectivity index (χ3v) is 2.51. The minimum Gasteiger partial charge on any atom is -0.497 e. The van der Waals surface area contributed by atoms with E-state index < -0.39 is 11.8 Å². The van der Waals surface area contributed by atoms with Gasteiger partial charge in [-0.3, -0.25) is 9.59 Å². The van der Waals surface area contributed by atoms with Crippen molar-refractivity contribution in [3.05, 3.63) is 29.8 Å². The summed E-state index contributed by atoms with van der Waals surface area (Å²) >= 11 is 0. The van der Waals surface area contributed by atoms with Gasteiger partial charge in [-0.05, 0) is 37.5 Å². The molecule has 0 radical (unpaired) electrons. The van der Waals surface area contributed by atoms with Crippen LogP contribution in [0.2, 0.25) is 0 Å². The average Bonchev–Trinajstić information content (AvgIpc) is 2.42. The topological polar surface area (TPSA) is 93.8 Å². The van der Waals surface area contributed by atoms with Crippen molar-refractivity contribution in [2.75, 3.05) is 7.11 Å². The number of carbonyl (C=O) groups excluding carboxylic acids is 2. The Labute approximate surface area is 111 Å². The maximum atomic E-state index is 10.9. The Morgan fingerprint density at radius 1 is 1.32 bits per heavy atom. The molecule has 1 aromatic rings. The number of hydrogen-bond acceptors (Lipinski definition) is 4. The molecule has 2 amide bonds. The number of methoxy groups -OCH3 is 1. The third kappa shape index (κ3) is 5.20. The van der Waals surface area contributed by atoms with E-state index in [-0.39, 0.29) is 0 Å². The van der Waals surface area contributed by atoms with E-state index in [1.165, 1.54) is 0 Å². The van der Waals surface area contributed by atoms with Crippen LogP contribution in [0.15, 0.2) is 29.4 Å². The first kappa shape index (κ1) is 14.7. The van der Waals surface area contributed by atoms with Gasteiger partial charge in [0.25, 0.3) is 0 Å². The lowest BCUT2D eigenvalue weighted by Crippen LogP contribution is -2.33. The lowest BCUT2D eigenvalue weighted by Gasteiger charge is -2.04. The van der Waals surface area contributed by atoms with E-state index in [0.717, 1.165) is 17.7 Å². The zero-order valence-corrected chi connectivity index (χ0v) is 11.0. The van der Waals surface area contributed by atoms with Gasteiger partial charge in [0.15, 0.2) is 0 Å². The molecule has 0 heterocycles. The monoisotopic (exact) mass is 263 g/mol. The lowest BCUT2D eigenvalue weighted by molar-refractivity contribution is -0.137. The van der Waals surface area contributed by atoms with E-state index in [0.29, 0.717) is 12.1 Å². The molecule has 1 rings (SSSR count). The Kier molecular flexibility index (Phi) is 5.53. The summed E-state index contributed by atoms with van der Waals surface area (Å²) in [5.41, 5.74) is 8.72.